The Bertz CT molecular complexity index is 863. The lowest BCUT2D eigenvalue weighted by Crippen LogP contribution is -2.36. The van der Waals surface area contributed by atoms with E-state index in [1.54, 1.807) is 36.3 Å². The summed E-state index contributed by atoms with van der Waals surface area (Å²) in [5, 5.41) is 0. The fourth-order valence-electron chi connectivity index (χ4n) is 3.20. The van der Waals surface area contributed by atoms with E-state index in [0.29, 0.717) is 5.56 Å². The van der Waals surface area contributed by atoms with Crippen molar-refractivity contribution in [2.24, 2.45) is 0 Å². The minimum atomic E-state index is -0.357. The summed E-state index contributed by atoms with van der Waals surface area (Å²) in [6.45, 7) is 1.68. The van der Waals surface area contributed by atoms with Crippen molar-refractivity contribution in [3.8, 4) is 0 Å². The van der Waals surface area contributed by atoms with Crippen molar-refractivity contribution in [1.29, 1.82) is 0 Å². The minimum Gasteiger partial charge on any atom is -0.341 e. The molecule has 0 radical (unpaired) electrons. The standard InChI is InChI=1S/C21H21FN2O2/c1-15(25)24-12-11-16-7-3-5-9-18(16)20(24)13-21(26)23(2)14-17-8-4-6-10-19(17)22/h3-12,20H,13-14H2,1-2H3. The van der Waals surface area contributed by atoms with Gasteiger partial charge < -0.3 is 9.80 Å². The molecule has 0 saturated carbocycles. The third-order valence-corrected chi connectivity index (χ3v) is 4.63. The number of rotatable bonds is 4. The summed E-state index contributed by atoms with van der Waals surface area (Å²) >= 11 is 0. The number of nitrogens with zero attached hydrogens (tertiary/aromatic N) is 2. The van der Waals surface area contributed by atoms with E-state index in [4.69, 9.17) is 0 Å². The van der Waals surface area contributed by atoms with Crippen LogP contribution in [0.15, 0.2) is 54.7 Å². The molecule has 5 heteroatoms. The van der Waals surface area contributed by atoms with E-state index in [9.17, 15) is 14.0 Å². The highest BCUT2D eigenvalue weighted by atomic mass is 19.1. The van der Waals surface area contributed by atoms with E-state index < -0.39 is 0 Å². The molecule has 1 aliphatic heterocycles. The fraction of sp³-hybridized carbons (Fsp3) is 0.238. The molecule has 2 amide bonds. The average Bonchev–Trinajstić information content (AvgIpc) is 2.63. The van der Waals surface area contributed by atoms with Crippen LogP contribution >= 0.6 is 0 Å². The van der Waals surface area contributed by atoms with Gasteiger partial charge in [-0.15, -0.1) is 0 Å². The van der Waals surface area contributed by atoms with Gasteiger partial charge in [-0.1, -0.05) is 42.5 Å². The molecule has 26 heavy (non-hydrogen) atoms. The first-order valence-corrected chi connectivity index (χ1v) is 8.51. The summed E-state index contributed by atoms with van der Waals surface area (Å²) in [6, 6.07) is 13.8. The highest BCUT2D eigenvalue weighted by Gasteiger charge is 2.29. The van der Waals surface area contributed by atoms with Crippen molar-refractivity contribution in [3.63, 3.8) is 0 Å². The number of halogens is 1. The first-order chi connectivity index (χ1) is 12.5. The lowest BCUT2D eigenvalue weighted by molar-refractivity contribution is -0.134. The van der Waals surface area contributed by atoms with Crippen molar-refractivity contribution in [2.75, 3.05) is 7.05 Å². The summed E-state index contributed by atoms with van der Waals surface area (Å²) in [7, 11) is 1.65. The lowest BCUT2D eigenvalue weighted by atomic mass is 9.93. The van der Waals surface area contributed by atoms with Gasteiger partial charge in [0.2, 0.25) is 11.8 Å². The molecule has 134 valence electrons. The van der Waals surface area contributed by atoms with Gasteiger partial charge in [-0.2, -0.15) is 0 Å². The molecule has 1 heterocycles. The normalized spacial score (nSPS) is 15.5. The molecule has 0 bridgehead atoms. The molecule has 0 aromatic heterocycles. The summed E-state index contributed by atoms with van der Waals surface area (Å²) in [5.41, 5.74) is 2.41. The highest BCUT2D eigenvalue weighted by molar-refractivity contribution is 5.81. The molecule has 3 rings (SSSR count). The quantitative estimate of drug-likeness (QED) is 0.841. The molecule has 0 aliphatic carbocycles. The van der Waals surface area contributed by atoms with Crippen molar-refractivity contribution < 1.29 is 14.0 Å². The Hall–Kier alpha value is -2.95. The minimum absolute atomic E-state index is 0.120. The molecule has 2 aromatic rings. The van der Waals surface area contributed by atoms with Crippen LogP contribution in [0.1, 0.15) is 36.1 Å². The van der Waals surface area contributed by atoms with Gasteiger partial charge in [0.05, 0.1) is 12.5 Å². The van der Waals surface area contributed by atoms with Crippen LogP contribution in [0, 0.1) is 5.82 Å². The summed E-state index contributed by atoms with van der Waals surface area (Å²) < 4.78 is 13.8. The maximum Gasteiger partial charge on any atom is 0.225 e. The van der Waals surface area contributed by atoms with E-state index in [0.717, 1.165) is 11.1 Å². The number of carbonyl (C=O) groups is 2. The monoisotopic (exact) mass is 352 g/mol. The Morgan fingerprint density at radius 2 is 1.81 bits per heavy atom. The topological polar surface area (TPSA) is 40.6 Å². The smallest absolute Gasteiger partial charge is 0.225 e. The Labute approximate surface area is 152 Å². The lowest BCUT2D eigenvalue weighted by Gasteiger charge is -2.33. The van der Waals surface area contributed by atoms with Gasteiger partial charge >= 0.3 is 0 Å². The molecule has 0 fully saturated rings. The van der Waals surface area contributed by atoms with Crippen molar-refractivity contribution in [2.45, 2.75) is 25.9 Å². The number of hydrogen-bond donors (Lipinski definition) is 0. The zero-order chi connectivity index (χ0) is 18.7. The predicted octanol–water partition coefficient (Wildman–Crippen LogP) is 3.75. The first kappa shape index (κ1) is 17.9. The number of hydrogen-bond acceptors (Lipinski definition) is 2. The Balaban J connectivity index is 1.79. The van der Waals surface area contributed by atoms with Crippen LogP contribution in [0.25, 0.3) is 6.08 Å². The Morgan fingerprint density at radius 3 is 2.54 bits per heavy atom. The highest BCUT2D eigenvalue weighted by Crippen LogP contribution is 2.33. The van der Waals surface area contributed by atoms with Crippen LogP contribution in [-0.2, 0) is 16.1 Å². The molecule has 0 N–H and O–H groups in total. The maximum absolute atomic E-state index is 13.8. The van der Waals surface area contributed by atoms with Crippen LogP contribution in [0.2, 0.25) is 0 Å². The summed E-state index contributed by atoms with van der Waals surface area (Å²) in [6.07, 6.45) is 3.74. The van der Waals surface area contributed by atoms with Crippen LogP contribution in [-0.4, -0.2) is 28.7 Å². The fourth-order valence-corrected chi connectivity index (χ4v) is 3.20. The van der Waals surface area contributed by atoms with Crippen LogP contribution in [0.3, 0.4) is 0 Å². The maximum atomic E-state index is 13.8. The van der Waals surface area contributed by atoms with Gasteiger partial charge in [-0.05, 0) is 23.3 Å². The van der Waals surface area contributed by atoms with E-state index in [2.05, 4.69) is 0 Å². The third-order valence-electron chi connectivity index (χ3n) is 4.63. The second-order valence-corrected chi connectivity index (χ2v) is 6.43. The number of amides is 2. The van der Waals surface area contributed by atoms with Crippen molar-refractivity contribution >= 4 is 17.9 Å². The average molecular weight is 352 g/mol. The molecular formula is C21H21FN2O2. The van der Waals surface area contributed by atoms with Crippen molar-refractivity contribution in [1.82, 2.24) is 9.80 Å². The molecule has 1 atom stereocenters. The molecule has 0 spiro atoms. The third kappa shape index (κ3) is 3.67. The number of fused-ring (bicyclic) bond motifs is 1. The molecule has 1 aliphatic rings. The predicted molar refractivity (Wildman–Crippen MR) is 98.2 cm³/mol. The second kappa shape index (κ2) is 7.52. The zero-order valence-corrected chi connectivity index (χ0v) is 14.9. The molecule has 4 nitrogen and oxygen atoms in total. The van der Waals surface area contributed by atoms with Crippen LogP contribution in [0.5, 0.6) is 0 Å². The Kier molecular flexibility index (Phi) is 5.16. The van der Waals surface area contributed by atoms with Crippen LogP contribution in [0.4, 0.5) is 4.39 Å². The zero-order valence-electron chi connectivity index (χ0n) is 14.9. The van der Waals surface area contributed by atoms with Crippen molar-refractivity contribution in [3.05, 3.63) is 77.2 Å². The molecule has 2 aromatic carbocycles. The number of carbonyl (C=O) groups excluding carboxylic acids is 2. The SMILES string of the molecule is CC(=O)N1C=Cc2ccccc2C1CC(=O)N(C)Cc1ccccc1F. The van der Waals surface area contributed by atoms with Gasteiger partial charge in [-0.25, -0.2) is 4.39 Å². The summed E-state index contributed by atoms with van der Waals surface area (Å²) in [4.78, 5) is 27.8. The van der Waals surface area contributed by atoms with Gasteiger partial charge in [0, 0.05) is 32.3 Å². The van der Waals surface area contributed by atoms with E-state index in [1.807, 2.05) is 30.3 Å². The Morgan fingerprint density at radius 1 is 1.12 bits per heavy atom. The van der Waals surface area contributed by atoms with E-state index >= 15 is 0 Å². The van der Waals surface area contributed by atoms with E-state index in [1.165, 1.54) is 17.9 Å². The molecular weight excluding hydrogens is 331 g/mol. The van der Waals surface area contributed by atoms with Gasteiger partial charge in [0.15, 0.2) is 0 Å². The summed E-state index contributed by atoms with van der Waals surface area (Å²) in [5.74, 6) is -0.594. The second-order valence-electron chi connectivity index (χ2n) is 6.43. The number of benzene rings is 2. The molecule has 1 unspecified atom stereocenters. The largest absolute Gasteiger partial charge is 0.341 e. The van der Waals surface area contributed by atoms with E-state index in [-0.39, 0.29) is 36.6 Å². The van der Waals surface area contributed by atoms with Gasteiger partial charge in [-0.3, -0.25) is 9.59 Å². The first-order valence-electron chi connectivity index (χ1n) is 8.51. The molecule has 0 saturated heterocycles. The van der Waals surface area contributed by atoms with Gasteiger partial charge in [0.1, 0.15) is 5.82 Å². The van der Waals surface area contributed by atoms with Gasteiger partial charge in [0.25, 0.3) is 0 Å². The van der Waals surface area contributed by atoms with Crippen LogP contribution < -0.4 is 0 Å².